The van der Waals surface area contributed by atoms with Crippen LogP contribution in [0.4, 0.5) is 5.69 Å². The van der Waals surface area contributed by atoms with Crippen LogP contribution < -0.4 is 10.7 Å². The summed E-state index contributed by atoms with van der Waals surface area (Å²) in [5, 5.41) is 3.22. The number of rotatable bonds is 6. The number of unbranched alkanes of at least 4 members (excludes halogenated alkanes) is 1. The maximum atomic E-state index is 11.1. The van der Waals surface area contributed by atoms with Gasteiger partial charge in [0, 0.05) is 12.1 Å². The van der Waals surface area contributed by atoms with E-state index in [1.165, 1.54) is 0 Å². The summed E-state index contributed by atoms with van der Waals surface area (Å²) in [6.45, 7) is 3.82. The Hall–Kier alpha value is -0.740. The van der Waals surface area contributed by atoms with Crippen LogP contribution in [-0.4, -0.2) is 32.1 Å². The predicted molar refractivity (Wildman–Crippen MR) is 66.9 cm³/mol. The number of hydrogen-bond acceptors (Lipinski definition) is 4. The summed E-state index contributed by atoms with van der Waals surface area (Å²) in [4.78, 5) is 13.3. The van der Waals surface area contributed by atoms with Crippen LogP contribution in [0, 0.1) is 11.4 Å². The summed E-state index contributed by atoms with van der Waals surface area (Å²) in [5.74, 6) is 0. The molecule has 0 bridgehead atoms. The van der Waals surface area contributed by atoms with Crippen LogP contribution in [0.2, 0.25) is 0 Å². The van der Waals surface area contributed by atoms with E-state index in [2.05, 4.69) is 24.3 Å². The lowest BCUT2D eigenvalue weighted by Crippen LogP contribution is -2.19. The molecule has 0 amide bonds. The molecule has 84 valence electrons. The second-order valence-electron chi connectivity index (χ2n) is 4.10. The fourth-order valence-corrected chi connectivity index (χ4v) is 1.86. The van der Waals surface area contributed by atoms with Crippen molar-refractivity contribution in [2.24, 2.45) is 0 Å². The summed E-state index contributed by atoms with van der Waals surface area (Å²) in [6, 6.07) is 0. The van der Waals surface area contributed by atoms with Gasteiger partial charge in [0.05, 0.1) is 5.69 Å². The first-order chi connectivity index (χ1) is 7.04. The Morgan fingerprint density at radius 3 is 2.53 bits per heavy atom. The molecule has 1 aromatic rings. The van der Waals surface area contributed by atoms with Crippen LogP contribution in [0.15, 0.2) is 4.79 Å². The number of nitrogens with zero attached hydrogens (tertiary/aromatic N) is 1. The summed E-state index contributed by atoms with van der Waals surface area (Å²) in [6.07, 6.45) is 2.26. The molecule has 3 nitrogen and oxygen atoms in total. The summed E-state index contributed by atoms with van der Waals surface area (Å²) < 4.78 is 0.472. The number of nitrogens with one attached hydrogen (secondary N) is 1. The molecule has 1 aromatic carbocycles. The zero-order valence-electron chi connectivity index (χ0n) is 9.59. The highest BCUT2D eigenvalue weighted by molar-refractivity contribution is 7.71. The van der Waals surface area contributed by atoms with E-state index < -0.39 is 0 Å². The van der Waals surface area contributed by atoms with E-state index in [0.717, 1.165) is 37.2 Å². The molecule has 0 unspecified atom stereocenters. The van der Waals surface area contributed by atoms with Crippen LogP contribution in [0.5, 0.6) is 0 Å². The van der Waals surface area contributed by atoms with Gasteiger partial charge in [-0.15, -0.1) is 0 Å². The largest absolute Gasteiger partial charge is 0.383 e. The van der Waals surface area contributed by atoms with Crippen LogP contribution in [0.1, 0.15) is 18.4 Å². The van der Waals surface area contributed by atoms with Gasteiger partial charge in [-0.2, -0.15) is 0 Å². The quantitative estimate of drug-likeness (QED) is 0.591. The topological polar surface area (TPSA) is 32.3 Å². The molecule has 0 saturated carbocycles. The minimum absolute atomic E-state index is 0.0285. The highest BCUT2D eigenvalue weighted by atomic mass is 32.1. The molecule has 0 radical (unpaired) electrons. The zero-order valence-corrected chi connectivity index (χ0v) is 10.4. The van der Waals surface area contributed by atoms with Crippen LogP contribution in [0.3, 0.4) is 0 Å². The average molecular weight is 226 g/mol. The van der Waals surface area contributed by atoms with Crippen molar-refractivity contribution in [2.45, 2.75) is 19.8 Å². The fourth-order valence-electron chi connectivity index (χ4n) is 1.48. The maximum Gasteiger partial charge on any atom is 0.203 e. The van der Waals surface area contributed by atoms with E-state index in [-0.39, 0.29) is 5.43 Å². The van der Waals surface area contributed by atoms with E-state index in [1.807, 2.05) is 6.92 Å². The van der Waals surface area contributed by atoms with E-state index >= 15 is 0 Å². The van der Waals surface area contributed by atoms with Gasteiger partial charge in [-0.25, -0.2) is 0 Å². The fraction of sp³-hybridized carbons (Fsp3) is 0.636. The first-order valence-electron chi connectivity index (χ1n) is 5.22. The first-order valence-corrected chi connectivity index (χ1v) is 5.63. The molecule has 0 aromatic heterocycles. The molecule has 1 rings (SSSR count). The molecule has 0 saturated heterocycles. The van der Waals surface area contributed by atoms with Crippen molar-refractivity contribution in [1.29, 1.82) is 0 Å². The van der Waals surface area contributed by atoms with Crippen molar-refractivity contribution in [3.05, 3.63) is 20.3 Å². The molecular weight excluding hydrogens is 208 g/mol. The Kier molecular flexibility index (Phi) is 4.42. The molecular formula is C11H18N2OS. The molecule has 0 aliphatic heterocycles. The van der Waals surface area contributed by atoms with Gasteiger partial charge >= 0.3 is 0 Å². The third kappa shape index (κ3) is 3.11. The van der Waals surface area contributed by atoms with Crippen LogP contribution in [0.25, 0.3) is 0 Å². The highest BCUT2D eigenvalue weighted by Gasteiger charge is 2.11. The molecule has 0 aliphatic carbocycles. The molecule has 0 heterocycles. The minimum Gasteiger partial charge on any atom is -0.383 e. The molecule has 0 atom stereocenters. The van der Waals surface area contributed by atoms with Gasteiger partial charge in [-0.05, 0) is 40.4 Å². The molecule has 0 fully saturated rings. The van der Waals surface area contributed by atoms with Gasteiger partial charge in [0.1, 0.15) is 4.51 Å². The van der Waals surface area contributed by atoms with Crippen molar-refractivity contribution < 1.29 is 0 Å². The standard InChI is InChI=1S/C11H18N2OS/c1-8-9(11(15)10(8)14)12-6-4-5-7-13(2)3/h12H,4-7H2,1-3H3. The van der Waals surface area contributed by atoms with Gasteiger partial charge in [-0.1, -0.05) is 12.2 Å². The SMILES string of the molecule is Cc1c(NCCCCN(C)C)c(=S)c1=O. The van der Waals surface area contributed by atoms with Gasteiger partial charge in [0.2, 0.25) is 5.43 Å². The van der Waals surface area contributed by atoms with E-state index in [0.29, 0.717) is 4.51 Å². The predicted octanol–water partition coefficient (Wildman–Crippen LogP) is 1.71. The third-order valence-corrected chi connectivity index (χ3v) is 2.87. The van der Waals surface area contributed by atoms with Crippen LogP contribution >= 0.6 is 12.2 Å². The van der Waals surface area contributed by atoms with Gasteiger partial charge < -0.3 is 10.2 Å². The lowest BCUT2D eigenvalue weighted by molar-refractivity contribution is 0.396. The number of anilines is 1. The van der Waals surface area contributed by atoms with E-state index in [1.54, 1.807) is 0 Å². The van der Waals surface area contributed by atoms with Crippen LogP contribution in [-0.2, 0) is 0 Å². The van der Waals surface area contributed by atoms with Gasteiger partial charge in [0.15, 0.2) is 0 Å². The third-order valence-electron chi connectivity index (χ3n) is 2.48. The Bertz CT molecular complexity index is 391. The summed E-state index contributed by atoms with van der Waals surface area (Å²) in [7, 11) is 4.14. The second-order valence-corrected chi connectivity index (χ2v) is 4.50. The van der Waals surface area contributed by atoms with Crippen molar-refractivity contribution in [1.82, 2.24) is 4.90 Å². The maximum absolute atomic E-state index is 11.1. The van der Waals surface area contributed by atoms with Crippen molar-refractivity contribution in [3.8, 4) is 0 Å². The van der Waals surface area contributed by atoms with E-state index in [9.17, 15) is 4.79 Å². The highest BCUT2D eigenvalue weighted by Crippen LogP contribution is 2.15. The Labute approximate surface area is 95.8 Å². The molecule has 4 heteroatoms. The first kappa shape index (κ1) is 12.3. The lowest BCUT2D eigenvalue weighted by atomic mass is 10.1. The molecule has 15 heavy (non-hydrogen) atoms. The summed E-state index contributed by atoms with van der Waals surface area (Å²) in [5.41, 5.74) is 1.70. The Balaban J connectivity index is 2.22. The molecule has 0 spiro atoms. The monoisotopic (exact) mass is 226 g/mol. The van der Waals surface area contributed by atoms with Crippen molar-refractivity contribution in [2.75, 3.05) is 32.5 Å². The number of hydrogen-bond donors (Lipinski definition) is 1. The summed E-state index contributed by atoms with van der Waals surface area (Å²) >= 11 is 4.95. The van der Waals surface area contributed by atoms with E-state index in [4.69, 9.17) is 12.2 Å². The van der Waals surface area contributed by atoms with Crippen molar-refractivity contribution >= 4 is 17.9 Å². The smallest absolute Gasteiger partial charge is 0.203 e. The Morgan fingerprint density at radius 2 is 2.00 bits per heavy atom. The average Bonchev–Trinajstić information content (AvgIpc) is 2.21. The van der Waals surface area contributed by atoms with Crippen molar-refractivity contribution in [3.63, 3.8) is 0 Å². The van der Waals surface area contributed by atoms with Gasteiger partial charge in [0.25, 0.3) is 0 Å². The minimum atomic E-state index is 0.0285. The molecule has 0 aliphatic rings. The van der Waals surface area contributed by atoms with Gasteiger partial charge in [-0.3, -0.25) is 4.79 Å². The lowest BCUT2D eigenvalue weighted by Gasteiger charge is -2.12. The zero-order chi connectivity index (χ0) is 11.4. The molecule has 1 N–H and O–H groups in total. The normalized spacial score (nSPS) is 11.2. The Morgan fingerprint density at radius 1 is 1.33 bits per heavy atom. The second kappa shape index (κ2) is 5.37.